The van der Waals surface area contributed by atoms with Gasteiger partial charge in [-0.3, -0.25) is 14.5 Å². The molecule has 0 unspecified atom stereocenters. The molecular formula is C23H25N5O2. The molecule has 0 atom stereocenters. The summed E-state index contributed by atoms with van der Waals surface area (Å²) in [5, 5.41) is 10.5. The fraction of sp³-hybridized carbons (Fsp3) is 0.261. The van der Waals surface area contributed by atoms with Gasteiger partial charge in [-0.15, -0.1) is 0 Å². The second-order valence-electron chi connectivity index (χ2n) is 7.42. The van der Waals surface area contributed by atoms with Gasteiger partial charge in [0.05, 0.1) is 19.4 Å². The second-order valence-corrected chi connectivity index (χ2v) is 7.42. The normalized spacial score (nSPS) is 14.0. The number of aryl methyl sites for hydroxylation is 1. The monoisotopic (exact) mass is 403 g/mol. The van der Waals surface area contributed by atoms with E-state index in [9.17, 15) is 4.79 Å². The van der Waals surface area contributed by atoms with Crippen LogP contribution in [0.3, 0.4) is 0 Å². The summed E-state index contributed by atoms with van der Waals surface area (Å²) < 4.78 is 6.92. The van der Waals surface area contributed by atoms with Crippen LogP contribution in [-0.4, -0.2) is 40.4 Å². The number of carbonyl (C=O) groups excluding carboxylic acids is 1. The van der Waals surface area contributed by atoms with Crippen molar-refractivity contribution in [3.8, 4) is 11.1 Å². The van der Waals surface area contributed by atoms with Crippen LogP contribution < -0.4 is 10.6 Å². The van der Waals surface area contributed by atoms with E-state index < -0.39 is 0 Å². The molecule has 4 rings (SSSR count). The number of nitrogens with one attached hydrogen (secondary N) is 2. The van der Waals surface area contributed by atoms with Gasteiger partial charge in [-0.1, -0.05) is 12.1 Å². The van der Waals surface area contributed by atoms with Gasteiger partial charge in [0.15, 0.2) is 0 Å². The number of nitrogens with zero attached hydrogens (tertiary/aromatic N) is 3. The molecule has 7 nitrogen and oxygen atoms in total. The van der Waals surface area contributed by atoms with E-state index in [1.807, 2.05) is 43.6 Å². The Bertz CT molecular complexity index is 1020. The lowest BCUT2D eigenvalue weighted by Gasteiger charge is -2.26. The Labute approximate surface area is 175 Å². The van der Waals surface area contributed by atoms with Crippen molar-refractivity contribution in [3.05, 3.63) is 72.3 Å². The summed E-state index contributed by atoms with van der Waals surface area (Å²) in [6.45, 7) is 3.49. The molecule has 3 heterocycles. The van der Waals surface area contributed by atoms with Crippen LogP contribution in [0.25, 0.3) is 17.2 Å². The van der Waals surface area contributed by atoms with Crippen molar-refractivity contribution in [2.45, 2.75) is 6.54 Å². The van der Waals surface area contributed by atoms with Crippen LogP contribution in [0.4, 0.5) is 5.69 Å². The Kier molecular flexibility index (Phi) is 6.32. The molecule has 7 heteroatoms. The Hall–Kier alpha value is -3.29. The Morgan fingerprint density at radius 1 is 1.23 bits per heavy atom. The van der Waals surface area contributed by atoms with Gasteiger partial charge in [0, 0.05) is 67.5 Å². The van der Waals surface area contributed by atoms with E-state index in [1.54, 1.807) is 29.3 Å². The third-order valence-corrected chi connectivity index (χ3v) is 4.97. The summed E-state index contributed by atoms with van der Waals surface area (Å²) >= 11 is 0. The van der Waals surface area contributed by atoms with Crippen molar-refractivity contribution < 1.29 is 9.53 Å². The number of benzene rings is 1. The van der Waals surface area contributed by atoms with Crippen molar-refractivity contribution in [3.63, 3.8) is 0 Å². The Morgan fingerprint density at radius 3 is 2.77 bits per heavy atom. The van der Waals surface area contributed by atoms with Gasteiger partial charge in [-0.05, 0) is 35.4 Å². The summed E-state index contributed by atoms with van der Waals surface area (Å²) in [5.74, 6) is 0.445. The van der Waals surface area contributed by atoms with Crippen molar-refractivity contribution >= 4 is 17.7 Å². The third-order valence-electron chi connectivity index (χ3n) is 4.97. The maximum Gasteiger partial charge on any atom is 0.248 e. The summed E-state index contributed by atoms with van der Waals surface area (Å²) in [6, 6.07) is 9.79. The summed E-state index contributed by atoms with van der Waals surface area (Å²) in [4.78, 5) is 16.5. The fourth-order valence-corrected chi connectivity index (χ4v) is 3.24. The zero-order valence-electron chi connectivity index (χ0n) is 16.9. The zero-order valence-corrected chi connectivity index (χ0v) is 16.9. The quantitative estimate of drug-likeness (QED) is 0.566. The molecule has 0 saturated carbocycles. The van der Waals surface area contributed by atoms with E-state index in [-0.39, 0.29) is 5.91 Å². The molecule has 1 amide bonds. The molecular weight excluding hydrogens is 378 g/mol. The highest BCUT2D eigenvalue weighted by atomic mass is 16.5. The second kappa shape index (κ2) is 9.47. The number of ether oxygens (including phenoxy) is 1. The first kappa shape index (κ1) is 20.0. The predicted octanol–water partition coefficient (Wildman–Crippen LogP) is 2.87. The average Bonchev–Trinajstić information content (AvgIpc) is 3.16. The zero-order chi connectivity index (χ0) is 20.8. The molecule has 0 spiro atoms. The van der Waals surface area contributed by atoms with Crippen molar-refractivity contribution in [2.75, 3.05) is 25.1 Å². The Morgan fingerprint density at radius 2 is 2.07 bits per heavy atom. The molecule has 1 aromatic carbocycles. The van der Waals surface area contributed by atoms with Crippen LogP contribution >= 0.6 is 0 Å². The first-order valence-electron chi connectivity index (χ1n) is 9.97. The van der Waals surface area contributed by atoms with Crippen molar-refractivity contribution in [1.82, 2.24) is 20.1 Å². The molecule has 3 aromatic rings. The number of hydrogen-bond donors (Lipinski definition) is 2. The van der Waals surface area contributed by atoms with Crippen LogP contribution in [0, 0.1) is 5.92 Å². The minimum atomic E-state index is -0.188. The Balaban J connectivity index is 1.33. The molecule has 1 saturated heterocycles. The molecule has 1 fully saturated rings. The summed E-state index contributed by atoms with van der Waals surface area (Å²) in [6.07, 6.45) is 10.5. The smallest absolute Gasteiger partial charge is 0.248 e. The summed E-state index contributed by atoms with van der Waals surface area (Å²) in [5.41, 5.74) is 4.76. The van der Waals surface area contributed by atoms with Crippen LogP contribution in [0.2, 0.25) is 0 Å². The highest BCUT2D eigenvalue weighted by Gasteiger charge is 2.17. The lowest BCUT2D eigenvalue weighted by molar-refractivity contribution is -0.111. The van der Waals surface area contributed by atoms with E-state index in [4.69, 9.17) is 4.74 Å². The molecule has 0 aliphatic carbocycles. The minimum Gasteiger partial charge on any atom is -0.381 e. The number of carbonyl (C=O) groups is 1. The number of hydrogen-bond acceptors (Lipinski definition) is 5. The third kappa shape index (κ3) is 5.20. The first-order chi connectivity index (χ1) is 14.7. The highest BCUT2D eigenvalue weighted by Crippen LogP contribution is 2.23. The molecule has 1 aliphatic rings. The number of aromatic nitrogens is 3. The van der Waals surface area contributed by atoms with Crippen molar-refractivity contribution in [2.24, 2.45) is 13.0 Å². The van der Waals surface area contributed by atoms with Crippen LogP contribution in [0.1, 0.15) is 11.1 Å². The molecule has 154 valence electrons. The van der Waals surface area contributed by atoms with Gasteiger partial charge in [0.2, 0.25) is 5.91 Å². The molecule has 2 aromatic heterocycles. The van der Waals surface area contributed by atoms with E-state index in [0.717, 1.165) is 48.7 Å². The van der Waals surface area contributed by atoms with Crippen LogP contribution in [0.5, 0.6) is 0 Å². The van der Waals surface area contributed by atoms with E-state index >= 15 is 0 Å². The molecule has 30 heavy (non-hydrogen) atoms. The molecule has 1 aliphatic heterocycles. The van der Waals surface area contributed by atoms with E-state index in [1.165, 1.54) is 11.6 Å². The lowest BCUT2D eigenvalue weighted by atomic mass is 10.0. The van der Waals surface area contributed by atoms with E-state index in [2.05, 4.69) is 20.7 Å². The van der Waals surface area contributed by atoms with Crippen LogP contribution in [-0.2, 0) is 23.1 Å². The van der Waals surface area contributed by atoms with Gasteiger partial charge in [0.1, 0.15) is 0 Å². The fourth-order valence-electron chi connectivity index (χ4n) is 3.24. The van der Waals surface area contributed by atoms with Gasteiger partial charge >= 0.3 is 0 Å². The molecule has 2 N–H and O–H groups in total. The largest absolute Gasteiger partial charge is 0.381 e. The maximum atomic E-state index is 12.4. The van der Waals surface area contributed by atoms with Gasteiger partial charge in [-0.25, -0.2) is 0 Å². The van der Waals surface area contributed by atoms with Gasteiger partial charge < -0.3 is 15.4 Å². The lowest BCUT2D eigenvalue weighted by Crippen LogP contribution is -2.36. The van der Waals surface area contributed by atoms with Gasteiger partial charge in [0.25, 0.3) is 0 Å². The number of pyridine rings is 1. The average molecular weight is 403 g/mol. The number of amides is 1. The first-order valence-corrected chi connectivity index (χ1v) is 9.97. The molecule has 0 radical (unpaired) electrons. The van der Waals surface area contributed by atoms with Gasteiger partial charge in [-0.2, -0.15) is 5.10 Å². The standard InChI is InChI=1S/C23H25N5O2/c1-28-14-20(13-26-28)22-8-9-24-12-19(22)4-7-23(29)27-21-5-2-17(3-6-21)10-25-11-18-15-30-16-18/h2-9,12-14,18,25H,10-11,15-16H2,1H3,(H,27,29)/b7-4+. The van der Waals surface area contributed by atoms with Crippen LogP contribution in [0.15, 0.2) is 61.2 Å². The highest BCUT2D eigenvalue weighted by molar-refractivity contribution is 6.02. The maximum absolute atomic E-state index is 12.4. The minimum absolute atomic E-state index is 0.188. The van der Waals surface area contributed by atoms with E-state index in [0.29, 0.717) is 5.92 Å². The predicted molar refractivity (Wildman–Crippen MR) is 117 cm³/mol. The SMILES string of the molecule is Cn1cc(-c2ccncc2/C=C/C(=O)Nc2ccc(CNCC3COC3)cc2)cn1. The topological polar surface area (TPSA) is 81.1 Å². The molecule has 0 bridgehead atoms. The number of anilines is 1. The number of rotatable bonds is 8. The summed E-state index contributed by atoms with van der Waals surface area (Å²) in [7, 11) is 1.87. The van der Waals surface area contributed by atoms with Crippen molar-refractivity contribution in [1.29, 1.82) is 0 Å².